The zero-order valence-corrected chi connectivity index (χ0v) is 20.9. The highest BCUT2D eigenvalue weighted by Crippen LogP contribution is 2.27. The summed E-state index contributed by atoms with van der Waals surface area (Å²) in [5.74, 6) is -0.921. The lowest BCUT2D eigenvalue weighted by molar-refractivity contribution is -0.135. The normalized spacial score (nSPS) is 19.8. The predicted molar refractivity (Wildman–Crippen MR) is 134 cm³/mol. The molecular weight excluding hydrogens is 462 g/mol. The molecule has 1 saturated heterocycles. The molecule has 1 aliphatic heterocycles. The fourth-order valence-electron chi connectivity index (χ4n) is 4.80. The van der Waals surface area contributed by atoms with Gasteiger partial charge in [-0.25, -0.2) is 9.59 Å². The van der Waals surface area contributed by atoms with Gasteiger partial charge in [0, 0.05) is 24.6 Å². The van der Waals surface area contributed by atoms with Crippen molar-refractivity contribution < 1.29 is 28.7 Å². The Morgan fingerprint density at radius 3 is 2.47 bits per heavy atom. The van der Waals surface area contributed by atoms with Crippen molar-refractivity contribution in [2.45, 2.75) is 70.1 Å². The number of esters is 1. The maximum Gasteiger partial charge on any atom is 0.408 e. The second-order valence-corrected chi connectivity index (χ2v) is 9.51. The molecule has 1 aliphatic carbocycles. The average Bonchev–Trinajstić information content (AvgIpc) is 3.30. The summed E-state index contributed by atoms with van der Waals surface area (Å²) in [4.78, 5) is 49.7. The molecule has 1 aromatic rings. The number of rotatable bonds is 11. The number of hydrogen-bond donors (Lipinski definition) is 3. The second kappa shape index (κ2) is 14.3. The van der Waals surface area contributed by atoms with Crippen molar-refractivity contribution in [2.75, 3.05) is 13.7 Å². The Kier molecular flexibility index (Phi) is 10.8. The van der Waals surface area contributed by atoms with Gasteiger partial charge in [0.15, 0.2) is 0 Å². The Balaban J connectivity index is 1.66. The number of hydrogen-bond acceptors (Lipinski definition) is 6. The molecule has 3 rings (SSSR count). The monoisotopic (exact) mass is 499 g/mol. The van der Waals surface area contributed by atoms with Gasteiger partial charge in [-0.1, -0.05) is 68.5 Å². The van der Waals surface area contributed by atoms with Gasteiger partial charge in [0.2, 0.25) is 11.8 Å². The van der Waals surface area contributed by atoms with Crippen LogP contribution in [-0.2, 0) is 30.5 Å². The van der Waals surface area contributed by atoms with Gasteiger partial charge in [-0.15, -0.1) is 0 Å². The topological polar surface area (TPSA) is 123 Å². The van der Waals surface area contributed by atoms with Gasteiger partial charge in [-0.3, -0.25) is 9.59 Å². The van der Waals surface area contributed by atoms with Crippen LogP contribution in [0.15, 0.2) is 42.5 Å². The summed E-state index contributed by atoms with van der Waals surface area (Å²) in [6, 6.07) is 7.97. The number of nitrogens with one attached hydrogen (secondary N) is 3. The standard InChI is InChI=1S/C27H37N3O6/c1-35-24(31)13-12-22(17-21-14-15-28-25(21)32)29-26(33)23(16-19-8-4-2-5-9-19)30-27(34)36-18-20-10-6-3-7-11-20/h3,6-7,10-13,19,21-23H,2,4-5,8-9,14-18H2,1H3,(H,28,32)(H,29,33)(H,30,34)/b13-12+/t21-,22+,23-/m0/s1. The zero-order valence-electron chi connectivity index (χ0n) is 20.9. The first kappa shape index (κ1) is 27.2. The van der Waals surface area contributed by atoms with Crippen molar-refractivity contribution in [1.29, 1.82) is 0 Å². The Morgan fingerprint density at radius 1 is 1.06 bits per heavy atom. The SMILES string of the molecule is COC(=O)/C=C/[C@H](C[C@@H]1CCNC1=O)NC(=O)[C@H](CC1CCCCC1)NC(=O)OCc1ccccc1. The van der Waals surface area contributed by atoms with Crippen molar-refractivity contribution in [2.24, 2.45) is 11.8 Å². The van der Waals surface area contributed by atoms with E-state index in [2.05, 4.69) is 20.7 Å². The van der Waals surface area contributed by atoms with Crippen molar-refractivity contribution in [3.05, 3.63) is 48.0 Å². The number of benzene rings is 1. The maximum atomic E-state index is 13.4. The molecule has 3 amide bonds. The fraction of sp³-hybridized carbons (Fsp3) is 0.556. The van der Waals surface area contributed by atoms with E-state index in [1.165, 1.54) is 19.6 Å². The molecule has 0 aromatic heterocycles. The van der Waals surface area contributed by atoms with E-state index in [1.807, 2.05) is 30.3 Å². The highest BCUT2D eigenvalue weighted by Gasteiger charge is 2.31. The number of carbonyl (C=O) groups is 4. The molecule has 0 bridgehead atoms. The van der Waals surface area contributed by atoms with Gasteiger partial charge in [0.05, 0.1) is 7.11 Å². The highest BCUT2D eigenvalue weighted by atomic mass is 16.5. The van der Waals surface area contributed by atoms with Crippen LogP contribution in [0.1, 0.15) is 56.9 Å². The summed E-state index contributed by atoms with van der Waals surface area (Å²) in [5.41, 5.74) is 0.851. The number of amides is 3. The van der Waals surface area contributed by atoms with Crippen molar-refractivity contribution >= 4 is 23.9 Å². The van der Waals surface area contributed by atoms with E-state index in [-0.39, 0.29) is 24.3 Å². The number of alkyl carbamates (subject to hydrolysis) is 1. The Bertz CT molecular complexity index is 913. The van der Waals surface area contributed by atoms with E-state index >= 15 is 0 Å². The fourth-order valence-corrected chi connectivity index (χ4v) is 4.80. The summed E-state index contributed by atoms with van der Waals surface area (Å²) >= 11 is 0. The Labute approximate surface area is 212 Å². The summed E-state index contributed by atoms with van der Waals surface area (Å²) in [7, 11) is 1.27. The highest BCUT2D eigenvalue weighted by molar-refractivity contribution is 5.87. The summed E-state index contributed by atoms with van der Waals surface area (Å²) in [6.45, 7) is 0.690. The van der Waals surface area contributed by atoms with E-state index in [1.54, 1.807) is 6.08 Å². The van der Waals surface area contributed by atoms with E-state index in [9.17, 15) is 19.2 Å². The lowest BCUT2D eigenvalue weighted by Gasteiger charge is -2.28. The Hall–Kier alpha value is -3.36. The first-order valence-electron chi connectivity index (χ1n) is 12.8. The van der Waals surface area contributed by atoms with Crippen LogP contribution in [-0.4, -0.2) is 49.6 Å². The number of methoxy groups -OCH3 is 1. The van der Waals surface area contributed by atoms with Gasteiger partial charge >= 0.3 is 12.1 Å². The third kappa shape index (κ3) is 9.02. The molecule has 1 saturated carbocycles. The summed E-state index contributed by atoms with van der Waals surface area (Å²) < 4.78 is 10.0. The molecular formula is C27H37N3O6. The van der Waals surface area contributed by atoms with Gasteiger partial charge in [-0.05, 0) is 30.7 Å². The van der Waals surface area contributed by atoms with Gasteiger partial charge in [0.1, 0.15) is 12.6 Å². The van der Waals surface area contributed by atoms with Crippen molar-refractivity contribution in [1.82, 2.24) is 16.0 Å². The van der Waals surface area contributed by atoms with Crippen LogP contribution < -0.4 is 16.0 Å². The lowest BCUT2D eigenvalue weighted by Crippen LogP contribution is -2.50. The molecule has 9 nitrogen and oxygen atoms in total. The molecule has 1 heterocycles. The third-order valence-electron chi connectivity index (χ3n) is 6.81. The second-order valence-electron chi connectivity index (χ2n) is 9.51. The molecule has 3 atom stereocenters. The first-order chi connectivity index (χ1) is 17.4. The van der Waals surface area contributed by atoms with Gasteiger partial charge in [0.25, 0.3) is 0 Å². The molecule has 196 valence electrons. The van der Waals surface area contributed by atoms with E-state index in [0.29, 0.717) is 31.7 Å². The zero-order chi connectivity index (χ0) is 25.8. The number of ether oxygens (including phenoxy) is 2. The molecule has 0 radical (unpaired) electrons. The van der Waals surface area contributed by atoms with Crippen molar-refractivity contribution in [3.8, 4) is 0 Å². The molecule has 0 unspecified atom stereocenters. The summed E-state index contributed by atoms with van der Waals surface area (Å²) in [6.07, 6.45) is 9.07. The van der Waals surface area contributed by atoms with Gasteiger partial charge in [-0.2, -0.15) is 0 Å². The van der Waals surface area contributed by atoms with Crippen LogP contribution in [0, 0.1) is 11.8 Å². The molecule has 3 N–H and O–H groups in total. The number of carbonyl (C=O) groups excluding carboxylic acids is 4. The average molecular weight is 500 g/mol. The molecule has 1 aromatic carbocycles. The molecule has 2 aliphatic rings. The third-order valence-corrected chi connectivity index (χ3v) is 6.81. The van der Waals surface area contributed by atoms with Gasteiger partial charge < -0.3 is 25.4 Å². The van der Waals surface area contributed by atoms with E-state index in [4.69, 9.17) is 4.74 Å². The Morgan fingerprint density at radius 2 is 1.81 bits per heavy atom. The van der Waals surface area contributed by atoms with Crippen LogP contribution in [0.4, 0.5) is 4.79 Å². The quantitative estimate of drug-likeness (QED) is 0.318. The largest absolute Gasteiger partial charge is 0.466 e. The first-order valence-corrected chi connectivity index (χ1v) is 12.8. The summed E-state index contributed by atoms with van der Waals surface area (Å²) in [5, 5.41) is 8.47. The van der Waals surface area contributed by atoms with Crippen LogP contribution in [0.25, 0.3) is 0 Å². The minimum atomic E-state index is -0.789. The minimum absolute atomic E-state index is 0.0675. The van der Waals surface area contributed by atoms with Crippen LogP contribution in [0.2, 0.25) is 0 Å². The minimum Gasteiger partial charge on any atom is -0.466 e. The molecule has 0 spiro atoms. The van der Waals surface area contributed by atoms with E-state index < -0.39 is 24.1 Å². The predicted octanol–water partition coefficient (Wildman–Crippen LogP) is 2.99. The maximum absolute atomic E-state index is 13.4. The molecule has 36 heavy (non-hydrogen) atoms. The molecule has 2 fully saturated rings. The lowest BCUT2D eigenvalue weighted by atomic mass is 9.84. The smallest absolute Gasteiger partial charge is 0.408 e. The van der Waals surface area contributed by atoms with Crippen LogP contribution >= 0.6 is 0 Å². The van der Waals surface area contributed by atoms with E-state index in [0.717, 1.165) is 31.2 Å². The van der Waals surface area contributed by atoms with Crippen molar-refractivity contribution in [3.63, 3.8) is 0 Å². The molecule has 9 heteroatoms. The van der Waals surface area contributed by atoms with Crippen LogP contribution in [0.5, 0.6) is 0 Å². The van der Waals surface area contributed by atoms with Crippen LogP contribution in [0.3, 0.4) is 0 Å².